The summed E-state index contributed by atoms with van der Waals surface area (Å²) >= 11 is 0. The lowest BCUT2D eigenvalue weighted by atomic mass is 9.86. The number of ether oxygens (including phenoxy) is 9. The number of phosphoric ester groups is 4. The van der Waals surface area contributed by atoms with Crippen molar-refractivity contribution < 1.29 is 181 Å². The predicted molar refractivity (Wildman–Crippen MR) is 380 cm³/mol. The SMILES string of the molecule is CC(=O)NC1[C@H](OCCCCCCOP(=O)(O)OCCCOCC(COCCCOP(=O)(O)OCCCCCCC[C@@H]2OC(CO)[C@H](O)[C@H](O)C2C)(COCCCOP(=O)(O)OCCCCCCO[C@@H]2OC(CO)[C@H](O)[C@H](O)C2C)COP(=O)(O)OC[C@H]2O[C@@H](C)CC2OP(=O)(O)C(C)C)OC(CO)[C@H](O)[C@@H]1O. The first kappa shape index (κ1) is 99.7. The molecule has 4 saturated heterocycles. The number of unbranched alkanes of at least 4 members (excludes halogenated alkanes) is 10. The average Bonchev–Trinajstić information content (AvgIpc) is 1.12. The third-order valence-electron chi connectivity index (χ3n) is 18.4. The zero-order chi connectivity index (χ0) is 80.1. The van der Waals surface area contributed by atoms with Gasteiger partial charge in [0.1, 0.15) is 54.9 Å². The third kappa shape index (κ3) is 37.7. The molecule has 0 aromatic rings. The molecule has 24 atom stereocenters. The molecule has 108 heavy (non-hydrogen) atoms. The maximum absolute atomic E-state index is 13.8. The van der Waals surface area contributed by atoms with Gasteiger partial charge >= 0.3 is 38.9 Å². The predicted octanol–water partition coefficient (Wildman–Crippen LogP) is 3.51. The minimum absolute atomic E-state index is 0.00323. The van der Waals surface area contributed by atoms with Crippen LogP contribution in [0.5, 0.6) is 0 Å². The summed E-state index contributed by atoms with van der Waals surface area (Å²) in [5.74, 6) is -1.38. The molecule has 0 bridgehead atoms. The van der Waals surface area contributed by atoms with Crippen molar-refractivity contribution in [1.82, 2.24) is 5.32 Å². The average molecular weight is 1670 g/mol. The highest BCUT2D eigenvalue weighted by atomic mass is 31.2. The van der Waals surface area contributed by atoms with Crippen LogP contribution in [0.1, 0.15) is 157 Å². The van der Waals surface area contributed by atoms with Crippen LogP contribution in [0.4, 0.5) is 0 Å². The summed E-state index contributed by atoms with van der Waals surface area (Å²) in [6, 6.07) is -1.10. The van der Waals surface area contributed by atoms with Gasteiger partial charge < -0.3 is 123 Å². The van der Waals surface area contributed by atoms with E-state index in [4.69, 9.17) is 83.3 Å². The van der Waals surface area contributed by atoms with Crippen molar-refractivity contribution in [2.75, 3.05) is 126 Å². The van der Waals surface area contributed by atoms with E-state index in [1.54, 1.807) is 20.8 Å². The Hall–Kier alpha value is -0.660. The summed E-state index contributed by atoms with van der Waals surface area (Å²) in [5, 5.41) is 92.7. The number of aliphatic hydroxyl groups excluding tert-OH is 9. The zero-order valence-corrected chi connectivity index (χ0v) is 67.4. The van der Waals surface area contributed by atoms with Gasteiger partial charge in [-0.25, -0.2) is 18.3 Å². The van der Waals surface area contributed by atoms with E-state index in [2.05, 4.69) is 5.32 Å². The molecule has 4 fully saturated rings. The Kier molecular flexibility index (Phi) is 47.6. The molecule has 640 valence electrons. The van der Waals surface area contributed by atoms with Crippen LogP contribution in [0.25, 0.3) is 0 Å². The Morgan fingerprint density at radius 1 is 0.426 bits per heavy atom. The summed E-state index contributed by atoms with van der Waals surface area (Å²) in [7, 11) is -22.9. The van der Waals surface area contributed by atoms with Gasteiger partial charge in [0.25, 0.3) is 0 Å². The Morgan fingerprint density at radius 3 is 1.25 bits per heavy atom. The van der Waals surface area contributed by atoms with Crippen LogP contribution in [-0.2, 0) is 111 Å². The van der Waals surface area contributed by atoms with Gasteiger partial charge in [-0.2, -0.15) is 0 Å². The molecule has 4 aliphatic rings. The van der Waals surface area contributed by atoms with Crippen molar-refractivity contribution in [2.45, 2.75) is 261 Å². The molecular formula is C64H126NO38P5. The number of carbonyl (C=O) groups excluding carboxylic acids is 1. The summed E-state index contributed by atoms with van der Waals surface area (Å²) in [4.78, 5) is 64.8. The van der Waals surface area contributed by atoms with Crippen LogP contribution in [0.3, 0.4) is 0 Å². The molecule has 0 aromatic heterocycles. The first-order valence-electron chi connectivity index (χ1n) is 37.3. The fourth-order valence-electron chi connectivity index (χ4n) is 11.9. The fourth-order valence-corrected chi connectivity index (χ4v) is 16.0. The summed E-state index contributed by atoms with van der Waals surface area (Å²) in [6.07, 6.45) is -7.34. The van der Waals surface area contributed by atoms with E-state index in [1.165, 1.54) is 20.8 Å². The maximum atomic E-state index is 13.8. The van der Waals surface area contributed by atoms with Gasteiger partial charge in [0.05, 0.1) is 134 Å². The van der Waals surface area contributed by atoms with Crippen molar-refractivity contribution >= 4 is 44.8 Å². The molecule has 0 aromatic carbocycles. The number of phosphoric acid groups is 4. The second-order valence-corrected chi connectivity index (χ2v) is 36.2. The lowest BCUT2D eigenvalue weighted by Gasteiger charge is -2.42. The number of aliphatic hydroxyl groups is 9. The Balaban J connectivity index is 1.34. The van der Waals surface area contributed by atoms with E-state index in [0.29, 0.717) is 70.6 Å². The Bertz CT molecular complexity index is 2620. The molecule has 0 spiro atoms. The number of nitrogens with one attached hydrogen (secondary N) is 1. The molecule has 4 rings (SSSR count). The Morgan fingerprint density at radius 2 is 0.806 bits per heavy atom. The lowest BCUT2D eigenvalue weighted by molar-refractivity contribution is -0.282. The van der Waals surface area contributed by atoms with Gasteiger partial charge in [0.15, 0.2) is 12.6 Å². The van der Waals surface area contributed by atoms with Crippen molar-refractivity contribution in [3.05, 3.63) is 0 Å². The van der Waals surface area contributed by atoms with E-state index in [9.17, 15) is 98.0 Å². The van der Waals surface area contributed by atoms with Crippen molar-refractivity contribution in [1.29, 1.82) is 0 Å². The largest absolute Gasteiger partial charge is 0.472 e. The number of hydrogen-bond acceptors (Lipinski definition) is 33. The van der Waals surface area contributed by atoms with Crippen LogP contribution in [0.15, 0.2) is 0 Å². The van der Waals surface area contributed by atoms with E-state index in [-0.39, 0.29) is 130 Å². The molecular weight excluding hydrogens is 1550 g/mol. The smallest absolute Gasteiger partial charge is 0.394 e. The van der Waals surface area contributed by atoms with Crippen LogP contribution < -0.4 is 5.32 Å². The monoisotopic (exact) mass is 1670 g/mol. The van der Waals surface area contributed by atoms with Crippen molar-refractivity contribution in [2.24, 2.45) is 17.3 Å². The number of hydrogen-bond donors (Lipinski definition) is 15. The molecule has 0 saturated carbocycles. The molecule has 0 radical (unpaired) electrons. The number of carbonyl (C=O) groups is 1. The van der Waals surface area contributed by atoms with Crippen LogP contribution >= 0.6 is 38.9 Å². The quantitative estimate of drug-likeness (QED) is 0.0306. The molecule has 4 heterocycles. The maximum Gasteiger partial charge on any atom is 0.472 e. The first-order valence-corrected chi connectivity index (χ1v) is 44.9. The molecule has 15 N–H and O–H groups in total. The van der Waals surface area contributed by atoms with Gasteiger partial charge in [-0.05, 0) is 64.7 Å². The van der Waals surface area contributed by atoms with E-state index in [0.717, 1.165) is 19.3 Å². The van der Waals surface area contributed by atoms with Crippen LogP contribution in [0, 0.1) is 17.3 Å². The minimum atomic E-state index is -5.08. The zero-order valence-electron chi connectivity index (χ0n) is 62.9. The molecule has 1 amide bonds. The topological polar surface area (TPSA) is 564 Å². The molecule has 44 heteroatoms. The lowest BCUT2D eigenvalue weighted by Crippen LogP contribution is -2.64. The van der Waals surface area contributed by atoms with E-state index < -0.39 is 187 Å². The van der Waals surface area contributed by atoms with Gasteiger partial charge in [-0.3, -0.25) is 45.5 Å². The van der Waals surface area contributed by atoms with Gasteiger partial charge in [0, 0.05) is 58.2 Å². The third-order valence-corrected chi connectivity index (χ3v) is 24.3. The summed E-state index contributed by atoms with van der Waals surface area (Å²) in [6.45, 7) is 3.73. The molecule has 4 aliphatic heterocycles. The second-order valence-electron chi connectivity index (χ2n) is 28.0. The highest BCUT2D eigenvalue weighted by molar-refractivity contribution is 7.53. The van der Waals surface area contributed by atoms with E-state index in [1.807, 2.05) is 0 Å². The Labute approximate surface area is 632 Å². The first-order chi connectivity index (χ1) is 51.0. The fraction of sp³-hybridized carbons (Fsp3) is 0.984. The van der Waals surface area contributed by atoms with Crippen LogP contribution in [-0.4, -0.2) is 305 Å². The summed E-state index contributed by atoms with van der Waals surface area (Å²) in [5.41, 5.74) is -2.33. The van der Waals surface area contributed by atoms with Gasteiger partial charge in [-0.1, -0.05) is 79.1 Å². The molecule has 13 unspecified atom stereocenters. The van der Waals surface area contributed by atoms with Crippen molar-refractivity contribution in [3.8, 4) is 0 Å². The van der Waals surface area contributed by atoms with Crippen LogP contribution in [0.2, 0.25) is 0 Å². The second kappa shape index (κ2) is 51.5. The van der Waals surface area contributed by atoms with Crippen molar-refractivity contribution in [3.63, 3.8) is 0 Å². The van der Waals surface area contributed by atoms with Gasteiger partial charge in [0.2, 0.25) is 5.91 Å². The molecule has 39 nitrogen and oxygen atoms in total. The van der Waals surface area contributed by atoms with Gasteiger partial charge in [-0.15, -0.1) is 0 Å². The molecule has 0 aliphatic carbocycles. The highest BCUT2D eigenvalue weighted by Gasteiger charge is 2.48. The standard InChI is InChI=1S/C64H126NO38P5/c1-44(2)104(76,77)103-50-35-45(3)99-54(50)39-97-108(84,85)98-43-64(40-86-24-20-32-94-105(78,79)91-29-17-9-7-8-14-23-49-46(4)56(70)58(72)51(36-66)100-49,41-87-25-21-33-95-106(80,81)92-30-18-12-10-15-27-89-62-47(5)57(71)59(73)52(37-67)101-62)42-88-26-22-34-96-107(82,83)93-31-19-13-11-16-28-90-63-55(65-48(6)69)61(75)60(74)53(38-68)102-63/h44-47,49-63,66-68,70-75H,7-43H2,1-6H3,(H,65,69)(H,76,77)(H,78,79)(H,80,81)(H,82,83)(H,84,85)/t45-,46?,47?,49-,50?,51?,52?,53?,54+,55?,56+,57+,58-,59-,60-,61+,62+,63+,64?/m0/s1. The highest BCUT2D eigenvalue weighted by Crippen LogP contribution is 2.52. The number of amides is 1. The normalized spacial score (nSPS) is 31.2. The van der Waals surface area contributed by atoms with E-state index >= 15 is 0 Å². The summed E-state index contributed by atoms with van der Waals surface area (Å²) < 4.78 is 165. The number of rotatable bonds is 61. The minimum Gasteiger partial charge on any atom is -0.394 e.